The highest BCUT2D eigenvalue weighted by Gasteiger charge is 2.29. The molecule has 2 atom stereocenters. The first-order valence-corrected chi connectivity index (χ1v) is 10.8. The van der Waals surface area contributed by atoms with E-state index < -0.39 is 0 Å². The first-order valence-electron chi connectivity index (χ1n) is 10.8. The number of hydrogen-bond acceptors (Lipinski definition) is 6. The third kappa shape index (κ3) is 3.91. The van der Waals surface area contributed by atoms with E-state index in [-0.39, 0.29) is 23.3 Å². The van der Waals surface area contributed by atoms with Gasteiger partial charge in [0.15, 0.2) is 5.75 Å². The minimum atomic E-state index is -0.320. The molecule has 0 spiro atoms. The highest BCUT2D eigenvalue weighted by molar-refractivity contribution is 5.67. The van der Waals surface area contributed by atoms with Gasteiger partial charge < -0.3 is 4.74 Å². The van der Waals surface area contributed by atoms with Gasteiger partial charge in [0.25, 0.3) is 0 Å². The monoisotopic (exact) mass is 440 g/mol. The molecule has 0 saturated carbocycles. The van der Waals surface area contributed by atoms with Crippen LogP contribution in [0.25, 0.3) is 5.69 Å². The van der Waals surface area contributed by atoms with Gasteiger partial charge in [-0.3, -0.25) is 14.5 Å². The minimum absolute atomic E-state index is 0.0532. The Bertz CT molecular complexity index is 1330. The van der Waals surface area contributed by atoms with Gasteiger partial charge in [0.1, 0.15) is 17.4 Å². The summed E-state index contributed by atoms with van der Waals surface area (Å²) in [7, 11) is 1.49. The third-order valence-corrected chi connectivity index (χ3v) is 5.83. The summed E-state index contributed by atoms with van der Waals surface area (Å²) in [6.07, 6.45) is 7.64. The molecule has 8 nitrogen and oxygen atoms in total. The normalized spacial score (nSPS) is 16.2. The van der Waals surface area contributed by atoms with Gasteiger partial charge >= 0.3 is 0 Å². The van der Waals surface area contributed by atoms with Crippen molar-refractivity contribution in [1.82, 2.24) is 19.6 Å². The van der Waals surface area contributed by atoms with Crippen molar-refractivity contribution < 1.29 is 4.74 Å². The van der Waals surface area contributed by atoms with E-state index in [4.69, 9.17) is 9.84 Å². The summed E-state index contributed by atoms with van der Waals surface area (Å²) >= 11 is 0. The average molecular weight is 441 g/mol. The van der Waals surface area contributed by atoms with E-state index in [9.17, 15) is 4.79 Å². The summed E-state index contributed by atoms with van der Waals surface area (Å²) in [5.41, 5.74) is 2.92. The fourth-order valence-corrected chi connectivity index (χ4v) is 3.99. The van der Waals surface area contributed by atoms with Gasteiger partial charge in [-0.15, -0.1) is 0 Å². The summed E-state index contributed by atoms with van der Waals surface area (Å²) in [6.45, 7) is 2.09. The van der Waals surface area contributed by atoms with Crippen molar-refractivity contribution in [3.63, 3.8) is 0 Å². The maximum absolute atomic E-state index is 13.1. The number of nitrogens with zero attached hydrogens (tertiary/aromatic N) is 6. The Hall–Kier alpha value is -4.20. The number of hydrazone groups is 1. The average Bonchev–Trinajstić information content (AvgIpc) is 3.55. The number of para-hydroxylation sites is 1. The maximum Gasteiger partial charge on any atom is 0.247 e. The SMILES string of the molecule is COc1cn(-c2cnn(C(C)c3ccccc3)c2)nc(C2CC=NN2c2ccccc2)c1=O. The zero-order valence-electron chi connectivity index (χ0n) is 18.4. The molecular weight excluding hydrogens is 416 g/mol. The summed E-state index contributed by atoms with van der Waals surface area (Å²) < 4.78 is 8.94. The number of hydrogen-bond donors (Lipinski definition) is 0. The molecule has 33 heavy (non-hydrogen) atoms. The summed E-state index contributed by atoms with van der Waals surface area (Å²) in [5, 5.41) is 15.6. The summed E-state index contributed by atoms with van der Waals surface area (Å²) in [4.78, 5) is 13.1. The lowest BCUT2D eigenvalue weighted by Gasteiger charge is -2.23. The first-order chi connectivity index (χ1) is 16.2. The summed E-state index contributed by atoms with van der Waals surface area (Å²) in [6, 6.07) is 19.7. The molecule has 3 heterocycles. The fraction of sp³-hybridized carbons (Fsp3) is 0.200. The van der Waals surface area contributed by atoms with Crippen LogP contribution in [0.4, 0.5) is 5.69 Å². The lowest BCUT2D eigenvalue weighted by Crippen LogP contribution is -2.28. The second-order valence-corrected chi connectivity index (χ2v) is 7.85. The van der Waals surface area contributed by atoms with Crippen LogP contribution in [-0.4, -0.2) is 32.9 Å². The standard InChI is InChI=1S/C25H24N6O2/c1-18(19-9-5-3-6-10-19)29-16-21(15-27-29)30-17-23(33-2)25(32)24(28-30)22-13-14-26-31(22)20-11-7-4-8-12-20/h3-12,14-18,22H,13H2,1-2H3. The number of rotatable bonds is 6. The Labute approximate surface area is 191 Å². The van der Waals surface area contributed by atoms with Crippen LogP contribution in [0, 0.1) is 0 Å². The molecule has 1 aliphatic rings. The van der Waals surface area contributed by atoms with Gasteiger partial charge in [0, 0.05) is 12.6 Å². The Kier molecular flexibility index (Phi) is 5.48. The Balaban J connectivity index is 1.52. The molecule has 0 radical (unpaired) electrons. The highest BCUT2D eigenvalue weighted by Crippen LogP contribution is 2.31. The Morgan fingerprint density at radius 3 is 2.45 bits per heavy atom. The van der Waals surface area contributed by atoms with E-state index in [0.29, 0.717) is 12.1 Å². The van der Waals surface area contributed by atoms with E-state index in [1.165, 1.54) is 7.11 Å². The zero-order valence-corrected chi connectivity index (χ0v) is 18.4. The van der Waals surface area contributed by atoms with Gasteiger partial charge in [-0.2, -0.15) is 15.3 Å². The second-order valence-electron chi connectivity index (χ2n) is 7.85. The van der Waals surface area contributed by atoms with E-state index in [0.717, 1.165) is 16.9 Å². The third-order valence-electron chi connectivity index (χ3n) is 5.83. The Morgan fingerprint density at radius 2 is 1.73 bits per heavy atom. The molecule has 0 amide bonds. The van der Waals surface area contributed by atoms with E-state index >= 15 is 0 Å². The molecule has 0 bridgehead atoms. The molecule has 5 rings (SSSR count). The number of aromatic nitrogens is 4. The predicted molar refractivity (Wildman–Crippen MR) is 127 cm³/mol. The number of methoxy groups -OCH3 is 1. The predicted octanol–water partition coefficient (Wildman–Crippen LogP) is 3.98. The molecule has 2 aromatic heterocycles. The van der Waals surface area contributed by atoms with Gasteiger partial charge in [-0.05, 0) is 24.6 Å². The van der Waals surface area contributed by atoms with Crippen molar-refractivity contribution in [2.24, 2.45) is 5.10 Å². The van der Waals surface area contributed by atoms with Gasteiger partial charge in [-0.1, -0.05) is 48.5 Å². The lowest BCUT2D eigenvalue weighted by atomic mass is 10.1. The largest absolute Gasteiger partial charge is 0.491 e. The van der Waals surface area contributed by atoms with E-state index in [1.54, 1.807) is 17.1 Å². The van der Waals surface area contributed by atoms with Crippen LogP contribution >= 0.6 is 0 Å². The zero-order chi connectivity index (χ0) is 22.8. The Morgan fingerprint density at radius 1 is 1.00 bits per heavy atom. The van der Waals surface area contributed by atoms with Crippen LogP contribution in [-0.2, 0) is 0 Å². The van der Waals surface area contributed by atoms with E-state index in [1.807, 2.05) is 70.6 Å². The molecule has 2 unspecified atom stereocenters. The van der Waals surface area contributed by atoms with Crippen LogP contribution < -0.4 is 15.2 Å². The van der Waals surface area contributed by atoms with Crippen molar-refractivity contribution in [2.75, 3.05) is 12.1 Å². The molecular formula is C25H24N6O2. The topological polar surface area (TPSA) is 77.5 Å². The molecule has 0 N–H and O–H groups in total. The lowest BCUT2D eigenvalue weighted by molar-refractivity contribution is 0.402. The number of ether oxygens (including phenoxy) is 1. The number of anilines is 1. The van der Waals surface area contributed by atoms with Crippen LogP contribution in [0.1, 0.15) is 36.7 Å². The molecule has 166 valence electrons. The van der Waals surface area contributed by atoms with Crippen molar-refractivity contribution in [1.29, 1.82) is 0 Å². The molecule has 0 saturated heterocycles. The second kappa shape index (κ2) is 8.74. The van der Waals surface area contributed by atoms with Gasteiger partial charge in [0.05, 0.1) is 37.4 Å². The quantitative estimate of drug-likeness (QED) is 0.453. The summed E-state index contributed by atoms with van der Waals surface area (Å²) in [5.74, 6) is 0.226. The van der Waals surface area contributed by atoms with Crippen molar-refractivity contribution >= 4 is 11.9 Å². The first kappa shape index (κ1) is 20.7. The van der Waals surface area contributed by atoms with Crippen molar-refractivity contribution in [2.45, 2.75) is 25.4 Å². The smallest absolute Gasteiger partial charge is 0.247 e. The molecule has 2 aromatic carbocycles. The van der Waals surface area contributed by atoms with Gasteiger partial charge in [0.2, 0.25) is 5.43 Å². The van der Waals surface area contributed by atoms with Crippen LogP contribution in [0.2, 0.25) is 0 Å². The van der Waals surface area contributed by atoms with Crippen molar-refractivity contribution in [3.8, 4) is 11.4 Å². The molecule has 4 aromatic rings. The van der Waals surface area contributed by atoms with Crippen LogP contribution in [0.15, 0.2) is 89.2 Å². The molecule has 0 fully saturated rings. The molecule has 1 aliphatic heterocycles. The van der Waals surface area contributed by atoms with Crippen LogP contribution in [0.3, 0.4) is 0 Å². The fourth-order valence-electron chi connectivity index (χ4n) is 3.99. The minimum Gasteiger partial charge on any atom is -0.491 e. The van der Waals surface area contributed by atoms with Gasteiger partial charge in [-0.25, -0.2) is 4.68 Å². The molecule has 0 aliphatic carbocycles. The maximum atomic E-state index is 13.1. The van der Waals surface area contributed by atoms with Crippen molar-refractivity contribution in [3.05, 3.63) is 101 Å². The van der Waals surface area contributed by atoms with Crippen LogP contribution in [0.5, 0.6) is 5.75 Å². The highest BCUT2D eigenvalue weighted by atomic mass is 16.5. The number of benzene rings is 2. The molecule has 8 heteroatoms. The van der Waals surface area contributed by atoms with E-state index in [2.05, 4.69) is 29.3 Å².